The van der Waals surface area contributed by atoms with Gasteiger partial charge in [-0.05, 0) is 61.8 Å². The fourth-order valence-corrected chi connectivity index (χ4v) is 2.09. The predicted octanol–water partition coefficient (Wildman–Crippen LogP) is 4.42. The molecule has 0 aliphatic carbocycles. The largest absolute Gasteiger partial charge is 0.460 e. The predicted molar refractivity (Wildman–Crippen MR) is 95.5 cm³/mol. The Morgan fingerprint density at radius 3 is 2.36 bits per heavy atom. The van der Waals surface area contributed by atoms with Crippen LogP contribution in [0, 0.1) is 6.92 Å². The van der Waals surface area contributed by atoms with E-state index in [0.29, 0.717) is 11.0 Å². The molecule has 0 saturated heterocycles. The number of nitrogens with one attached hydrogen (secondary N) is 2. The number of nitrogens with zero attached hydrogens (tertiary/aromatic N) is 1. The number of rotatable bonds is 4. The van der Waals surface area contributed by atoms with E-state index in [1.54, 1.807) is 0 Å². The third-order valence-corrected chi connectivity index (χ3v) is 3.45. The van der Waals surface area contributed by atoms with Crippen LogP contribution in [0.25, 0.3) is 0 Å². The molecule has 0 bridgehead atoms. The summed E-state index contributed by atoms with van der Waals surface area (Å²) in [5, 5.41) is 7.77. The molecule has 0 saturated carbocycles. The van der Waals surface area contributed by atoms with Crippen LogP contribution in [0.4, 0.5) is 5.69 Å². The molecule has 4 nitrogen and oxygen atoms in total. The number of benzene rings is 1. The molecule has 22 heavy (non-hydrogen) atoms. The summed E-state index contributed by atoms with van der Waals surface area (Å²) < 4.78 is 5.50. The molecule has 0 unspecified atom stereocenters. The van der Waals surface area contributed by atoms with Crippen molar-refractivity contribution in [2.75, 3.05) is 5.32 Å². The minimum absolute atomic E-state index is 0.444. The van der Waals surface area contributed by atoms with Crippen LogP contribution >= 0.6 is 12.2 Å². The molecule has 5 heteroatoms. The van der Waals surface area contributed by atoms with Crippen molar-refractivity contribution >= 4 is 28.7 Å². The lowest BCUT2D eigenvalue weighted by atomic mass is 10.0. The fourth-order valence-electron chi connectivity index (χ4n) is 1.93. The smallest absolute Gasteiger partial charge is 0.191 e. The molecule has 0 spiro atoms. The molecule has 0 radical (unpaired) electrons. The van der Waals surface area contributed by atoms with Gasteiger partial charge in [0.2, 0.25) is 0 Å². The van der Waals surface area contributed by atoms with Crippen LogP contribution in [-0.2, 0) is 0 Å². The molecule has 0 aliphatic heterocycles. The summed E-state index contributed by atoms with van der Waals surface area (Å²) in [6.07, 6.45) is 0. The molecule has 0 amide bonds. The number of anilines is 1. The Morgan fingerprint density at radius 2 is 1.82 bits per heavy atom. The fraction of sp³-hybridized carbons (Fsp3) is 0.294. The lowest BCUT2D eigenvalue weighted by Gasteiger charge is -2.10. The normalized spacial score (nSPS) is 11.6. The maximum absolute atomic E-state index is 5.50. The number of thiocarbonyl (C=S) groups is 1. The summed E-state index contributed by atoms with van der Waals surface area (Å²) in [5.74, 6) is 2.10. The first-order valence-electron chi connectivity index (χ1n) is 7.24. The highest BCUT2D eigenvalue weighted by Crippen LogP contribution is 2.17. The van der Waals surface area contributed by atoms with Crippen LogP contribution in [0.1, 0.15) is 43.8 Å². The van der Waals surface area contributed by atoms with Gasteiger partial charge in [-0.15, -0.1) is 0 Å². The molecule has 2 rings (SSSR count). The van der Waals surface area contributed by atoms with Gasteiger partial charge in [0.05, 0.1) is 0 Å². The molecular weight excluding hydrogens is 294 g/mol. The molecule has 1 aromatic heterocycles. The van der Waals surface area contributed by atoms with Gasteiger partial charge in [-0.1, -0.05) is 26.0 Å². The number of hydrazone groups is 1. The van der Waals surface area contributed by atoms with Gasteiger partial charge in [0.25, 0.3) is 0 Å². The highest BCUT2D eigenvalue weighted by atomic mass is 32.1. The van der Waals surface area contributed by atoms with Crippen molar-refractivity contribution < 1.29 is 4.42 Å². The summed E-state index contributed by atoms with van der Waals surface area (Å²) >= 11 is 5.23. The van der Waals surface area contributed by atoms with E-state index in [2.05, 4.69) is 41.8 Å². The average Bonchev–Trinajstić information content (AvgIpc) is 2.92. The van der Waals surface area contributed by atoms with E-state index in [9.17, 15) is 0 Å². The first-order valence-corrected chi connectivity index (χ1v) is 7.64. The Labute approximate surface area is 136 Å². The number of furan rings is 1. The SMILES string of the molecule is C/C(=N/NC(=S)Nc1ccc(C(C)C)cc1)c1ccc(C)o1. The summed E-state index contributed by atoms with van der Waals surface area (Å²) in [6, 6.07) is 12.0. The minimum Gasteiger partial charge on any atom is -0.460 e. The van der Waals surface area contributed by atoms with Crippen molar-refractivity contribution in [3.63, 3.8) is 0 Å². The van der Waals surface area contributed by atoms with E-state index in [4.69, 9.17) is 16.6 Å². The van der Waals surface area contributed by atoms with Gasteiger partial charge in [0.1, 0.15) is 17.2 Å². The van der Waals surface area contributed by atoms with Crippen LogP contribution in [0.3, 0.4) is 0 Å². The first kappa shape index (κ1) is 16.2. The summed E-state index contributed by atoms with van der Waals surface area (Å²) in [6.45, 7) is 8.10. The van der Waals surface area contributed by atoms with Crippen LogP contribution in [0.5, 0.6) is 0 Å². The zero-order chi connectivity index (χ0) is 16.1. The highest BCUT2D eigenvalue weighted by molar-refractivity contribution is 7.80. The zero-order valence-electron chi connectivity index (χ0n) is 13.3. The van der Waals surface area contributed by atoms with E-state index in [1.807, 2.05) is 38.1 Å². The maximum atomic E-state index is 5.50. The molecule has 2 aromatic rings. The van der Waals surface area contributed by atoms with E-state index in [-0.39, 0.29) is 0 Å². The Kier molecular flexibility index (Phi) is 5.33. The number of hydrogen-bond donors (Lipinski definition) is 2. The topological polar surface area (TPSA) is 49.6 Å². The van der Waals surface area contributed by atoms with Crippen LogP contribution in [-0.4, -0.2) is 10.8 Å². The van der Waals surface area contributed by atoms with E-state index in [0.717, 1.165) is 22.9 Å². The van der Waals surface area contributed by atoms with Crippen molar-refractivity contribution in [3.05, 3.63) is 53.5 Å². The van der Waals surface area contributed by atoms with Crippen LogP contribution in [0.15, 0.2) is 45.9 Å². The number of aryl methyl sites for hydroxylation is 1. The Hall–Kier alpha value is -2.14. The summed E-state index contributed by atoms with van der Waals surface area (Å²) in [7, 11) is 0. The molecular formula is C17H21N3OS. The van der Waals surface area contributed by atoms with Crippen molar-refractivity contribution in [3.8, 4) is 0 Å². The Balaban J connectivity index is 1.92. The van der Waals surface area contributed by atoms with Crippen molar-refractivity contribution in [2.45, 2.75) is 33.6 Å². The van der Waals surface area contributed by atoms with Gasteiger partial charge in [-0.3, -0.25) is 5.43 Å². The molecule has 2 N–H and O–H groups in total. The summed E-state index contributed by atoms with van der Waals surface area (Å²) in [4.78, 5) is 0. The van der Waals surface area contributed by atoms with E-state index < -0.39 is 0 Å². The molecule has 0 fully saturated rings. The van der Waals surface area contributed by atoms with Gasteiger partial charge in [0, 0.05) is 5.69 Å². The van der Waals surface area contributed by atoms with Crippen molar-refractivity contribution in [2.24, 2.45) is 5.10 Å². The van der Waals surface area contributed by atoms with Crippen molar-refractivity contribution in [1.82, 2.24) is 5.43 Å². The van der Waals surface area contributed by atoms with Gasteiger partial charge in [0.15, 0.2) is 5.11 Å². The lowest BCUT2D eigenvalue weighted by Crippen LogP contribution is -2.24. The highest BCUT2D eigenvalue weighted by Gasteiger charge is 2.03. The Morgan fingerprint density at radius 1 is 1.14 bits per heavy atom. The van der Waals surface area contributed by atoms with Crippen molar-refractivity contribution in [1.29, 1.82) is 0 Å². The van der Waals surface area contributed by atoms with Crippen LogP contribution in [0.2, 0.25) is 0 Å². The summed E-state index contributed by atoms with van der Waals surface area (Å²) in [5.41, 5.74) is 5.80. The molecule has 1 heterocycles. The molecule has 0 atom stereocenters. The maximum Gasteiger partial charge on any atom is 0.191 e. The third-order valence-electron chi connectivity index (χ3n) is 3.26. The second-order valence-electron chi connectivity index (χ2n) is 5.45. The third kappa shape index (κ3) is 4.43. The van der Waals surface area contributed by atoms with Gasteiger partial charge in [-0.2, -0.15) is 5.10 Å². The molecule has 0 aliphatic rings. The van der Waals surface area contributed by atoms with E-state index >= 15 is 0 Å². The minimum atomic E-state index is 0.444. The van der Waals surface area contributed by atoms with Crippen LogP contribution < -0.4 is 10.7 Å². The Bertz CT molecular complexity index is 671. The quantitative estimate of drug-likeness (QED) is 0.498. The first-order chi connectivity index (χ1) is 10.5. The van der Waals surface area contributed by atoms with Gasteiger partial charge >= 0.3 is 0 Å². The van der Waals surface area contributed by atoms with Gasteiger partial charge < -0.3 is 9.73 Å². The number of hydrogen-bond acceptors (Lipinski definition) is 3. The second-order valence-corrected chi connectivity index (χ2v) is 5.86. The monoisotopic (exact) mass is 315 g/mol. The van der Waals surface area contributed by atoms with Gasteiger partial charge in [-0.25, -0.2) is 0 Å². The zero-order valence-corrected chi connectivity index (χ0v) is 14.1. The average molecular weight is 315 g/mol. The lowest BCUT2D eigenvalue weighted by molar-refractivity contribution is 0.525. The molecule has 1 aromatic carbocycles. The molecule has 116 valence electrons. The second kappa shape index (κ2) is 7.22. The standard InChI is InChI=1S/C17H21N3OS/c1-11(2)14-6-8-15(9-7-14)18-17(22)20-19-13(4)16-10-5-12(3)21-16/h5-11H,1-4H3,(H2,18,20,22)/b19-13-. The van der Waals surface area contributed by atoms with E-state index in [1.165, 1.54) is 5.56 Å².